The van der Waals surface area contributed by atoms with Crippen molar-refractivity contribution in [3.8, 4) is 11.6 Å². The van der Waals surface area contributed by atoms with Crippen LogP contribution in [-0.2, 0) is 9.59 Å². The van der Waals surface area contributed by atoms with E-state index in [-0.39, 0.29) is 24.3 Å². The van der Waals surface area contributed by atoms with Crippen molar-refractivity contribution < 1.29 is 19.1 Å². The third-order valence-corrected chi connectivity index (χ3v) is 5.37. The van der Waals surface area contributed by atoms with Gasteiger partial charge >= 0.3 is 0 Å². The smallest absolute Gasteiger partial charge is 0.260 e. The molecule has 30 heavy (non-hydrogen) atoms. The molecule has 2 aromatic rings. The number of nitrogens with one attached hydrogen (secondary N) is 1. The van der Waals surface area contributed by atoms with Gasteiger partial charge in [0.15, 0.2) is 6.61 Å². The number of anilines is 2. The predicted octanol–water partition coefficient (Wildman–Crippen LogP) is 2.17. The third kappa shape index (κ3) is 5.00. The van der Waals surface area contributed by atoms with E-state index in [2.05, 4.69) is 15.2 Å². The van der Waals surface area contributed by atoms with E-state index in [4.69, 9.17) is 9.47 Å². The zero-order chi connectivity index (χ0) is 20.9. The Morgan fingerprint density at radius 3 is 2.40 bits per heavy atom. The summed E-state index contributed by atoms with van der Waals surface area (Å²) in [5, 5.41) is 2.83. The van der Waals surface area contributed by atoms with Gasteiger partial charge in [0.1, 0.15) is 5.75 Å². The Hall–Kier alpha value is -3.29. The highest BCUT2D eigenvalue weighted by Gasteiger charge is 2.29. The van der Waals surface area contributed by atoms with Crippen LogP contribution in [0.5, 0.6) is 11.6 Å². The first-order valence-corrected chi connectivity index (χ1v) is 10.2. The van der Waals surface area contributed by atoms with E-state index in [1.54, 1.807) is 25.4 Å². The lowest BCUT2D eigenvalue weighted by Gasteiger charge is -2.36. The van der Waals surface area contributed by atoms with Crippen LogP contribution in [0.3, 0.4) is 0 Å². The largest absolute Gasteiger partial charge is 0.497 e. The summed E-state index contributed by atoms with van der Waals surface area (Å²) in [4.78, 5) is 32.5. The molecule has 0 unspecified atom stereocenters. The number of carbonyl (C=O) groups excluding carboxylic acids is 2. The Bertz CT molecular complexity index is 873. The van der Waals surface area contributed by atoms with Gasteiger partial charge in [0.2, 0.25) is 11.8 Å². The van der Waals surface area contributed by atoms with Crippen LogP contribution in [0.15, 0.2) is 42.6 Å². The van der Waals surface area contributed by atoms with Crippen molar-refractivity contribution in [1.82, 2.24) is 9.88 Å². The average Bonchev–Trinajstić information content (AvgIpc) is 3.64. The van der Waals surface area contributed by atoms with Crippen molar-refractivity contribution >= 4 is 23.2 Å². The van der Waals surface area contributed by atoms with E-state index in [0.717, 1.165) is 37.4 Å². The monoisotopic (exact) mass is 410 g/mol. The van der Waals surface area contributed by atoms with Crippen molar-refractivity contribution in [3.05, 3.63) is 42.6 Å². The maximum Gasteiger partial charge on any atom is 0.260 e. The van der Waals surface area contributed by atoms with Crippen molar-refractivity contribution in [2.75, 3.05) is 50.1 Å². The Kier molecular flexibility index (Phi) is 6.02. The van der Waals surface area contributed by atoms with Gasteiger partial charge < -0.3 is 24.6 Å². The van der Waals surface area contributed by atoms with Crippen LogP contribution < -0.4 is 19.7 Å². The lowest BCUT2D eigenvalue weighted by atomic mass is 10.2. The molecule has 2 fully saturated rings. The molecule has 0 bridgehead atoms. The second-order valence-electron chi connectivity index (χ2n) is 7.50. The highest BCUT2D eigenvalue weighted by molar-refractivity contribution is 5.93. The van der Waals surface area contributed by atoms with Crippen LogP contribution in [0.2, 0.25) is 0 Å². The topological polar surface area (TPSA) is 84.0 Å². The number of pyridine rings is 1. The summed E-state index contributed by atoms with van der Waals surface area (Å²) in [6.07, 6.45) is 3.46. The van der Waals surface area contributed by atoms with E-state index in [1.165, 1.54) is 0 Å². The van der Waals surface area contributed by atoms with Crippen molar-refractivity contribution in [2.24, 2.45) is 5.92 Å². The summed E-state index contributed by atoms with van der Waals surface area (Å²) in [6.45, 7) is 2.78. The Morgan fingerprint density at radius 2 is 1.80 bits per heavy atom. The van der Waals surface area contributed by atoms with E-state index in [0.29, 0.717) is 24.7 Å². The molecule has 1 aliphatic carbocycles. The molecule has 2 amide bonds. The number of nitrogens with zero attached hydrogens (tertiary/aromatic N) is 3. The van der Waals surface area contributed by atoms with Gasteiger partial charge in [0.25, 0.3) is 5.91 Å². The maximum absolute atomic E-state index is 12.5. The fraction of sp³-hybridized carbons (Fsp3) is 0.409. The second kappa shape index (κ2) is 9.02. The zero-order valence-electron chi connectivity index (χ0n) is 17.0. The summed E-state index contributed by atoms with van der Waals surface area (Å²) in [5.41, 5.74) is 1.76. The fourth-order valence-electron chi connectivity index (χ4n) is 3.36. The van der Waals surface area contributed by atoms with Crippen molar-refractivity contribution in [3.63, 3.8) is 0 Å². The quantitative estimate of drug-likeness (QED) is 0.753. The van der Waals surface area contributed by atoms with E-state index >= 15 is 0 Å². The minimum Gasteiger partial charge on any atom is -0.497 e. The molecule has 2 heterocycles. The van der Waals surface area contributed by atoms with Gasteiger partial charge in [-0.25, -0.2) is 4.98 Å². The molecule has 0 radical (unpaired) electrons. The van der Waals surface area contributed by atoms with Crippen LogP contribution in [0.4, 0.5) is 11.4 Å². The van der Waals surface area contributed by atoms with Crippen LogP contribution in [0, 0.1) is 5.92 Å². The lowest BCUT2D eigenvalue weighted by molar-refractivity contribution is -0.133. The van der Waals surface area contributed by atoms with Gasteiger partial charge in [-0.2, -0.15) is 0 Å². The Labute approximate surface area is 175 Å². The molecule has 1 N–H and O–H groups in total. The molecule has 158 valence electrons. The Morgan fingerprint density at radius 1 is 1.07 bits per heavy atom. The molecule has 1 saturated carbocycles. The van der Waals surface area contributed by atoms with Gasteiger partial charge in [-0.05, 0) is 43.2 Å². The molecule has 2 aliphatic rings. The van der Waals surface area contributed by atoms with Gasteiger partial charge in [-0.1, -0.05) is 0 Å². The van der Waals surface area contributed by atoms with E-state index in [1.807, 2.05) is 29.2 Å². The minimum absolute atomic E-state index is 0.0365. The number of carbonyl (C=O) groups is 2. The normalized spacial score (nSPS) is 16.2. The molecule has 0 atom stereocenters. The number of rotatable bonds is 7. The number of methoxy groups -OCH3 is 1. The van der Waals surface area contributed by atoms with Crippen molar-refractivity contribution in [2.45, 2.75) is 12.8 Å². The summed E-state index contributed by atoms with van der Waals surface area (Å²) in [5.74, 6) is 1.32. The number of piperazine rings is 1. The number of amides is 2. The molecule has 1 aromatic carbocycles. The third-order valence-electron chi connectivity index (χ3n) is 5.37. The summed E-state index contributed by atoms with van der Waals surface area (Å²) in [7, 11) is 1.65. The van der Waals surface area contributed by atoms with Crippen LogP contribution in [0.1, 0.15) is 12.8 Å². The predicted molar refractivity (Wildman–Crippen MR) is 113 cm³/mol. The highest BCUT2D eigenvalue weighted by Crippen LogP contribution is 2.30. The first-order valence-electron chi connectivity index (χ1n) is 10.2. The zero-order valence-corrected chi connectivity index (χ0v) is 17.0. The number of hydrogen-bond donors (Lipinski definition) is 1. The standard InChI is InChI=1S/C22H26N4O4/c1-29-19-7-5-18(6-8-19)25-10-12-26(13-11-25)21(27)15-30-20-9-4-17(14-23-20)24-22(28)16-2-3-16/h4-9,14,16H,2-3,10-13,15H2,1H3,(H,24,28). The van der Waals surface area contributed by atoms with Gasteiger partial charge in [-0.15, -0.1) is 0 Å². The van der Waals surface area contributed by atoms with Gasteiger partial charge in [0.05, 0.1) is 19.0 Å². The molecule has 8 heteroatoms. The SMILES string of the molecule is COc1ccc(N2CCN(C(=O)COc3ccc(NC(=O)C4CC4)cn3)CC2)cc1. The molecule has 8 nitrogen and oxygen atoms in total. The fourth-order valence-corrected chi connectivity index (χ4v) is 3.36. The number of hydrogen-bond acceptors (Lipinski definition) is 6. The lowest BCUT2D eigenvalue weighted by Crippen LogP contribution is -2.50. The molecule has 1 aliphatic heterocycles. The van der Waals surface area contributed by atoms with E-state index in [9.17, 15) is 9.59 Å². The Balaban J connectivity index is 1.21. The molecular formula is C22H26N4O4. The molecular weight excluding hydrogens is 384 g/mol. The van der Waals surface area contributed by atoms with Crippen molar-refractivity contribution in [1.29, 1.82) is 0 Å². The molecule has 0 spiro atoms. The average molecular weight is 410 g/mol. The molecule has 1 aromatic heterocycles. The molecule has 1 saturated heterocycles. The highest BCUT2D eigenvalue weighted by atomic mass is 16.5. The maximum atomic E-state index is 12.5. The summed E-state index contributed by atoms with van der Waals surface area (Å²) < 4.78 is 10.7. The first kappa shape index (κ1) is 20.0. The first-order chi connectivity index (χ1) is 14.6. The summed E-state index contributed by atoms with van der Waals surface area (Å²) >= 11 is 0. The minimum atomic E-state index is -0.0581. The number of aromatic nitrogens is 1. The number of ether oxygens (including phenoxy) is 2. The second-order valence-corrected chi connectivity index (χ2v) is 7.50. The van der Waals surface area contributed by atoms with Gasteiger partial charge in [0, 0.05) is 43.9 Å². The molecule has 4 rings (SSSR count). The van der Waals surface area contributed by atoms with Crippen LogP contribution in [-0.4, -0.2) is 61.6 Å². The number of benzene rings is 1. The summed E-state index contributed by atoms with van der Waals surface area (Å²) in [6, 6.07) is 11.3. The van der Waals surface area contributed by atoms with Crippen LogP contribution in [0.25, 0.3) is 0 Å². The van der Waals surface area contributed by atoms with Crippen LogP contribution >= 0.6 is 0 Å². The van der Waals surface area contributed by atoms with E-state index < -0.39 is 0 Å². The van der Waals surface area contributed by atoms with Gasteiger partial charge in [-0.3, -0.25) is 9.59 Å².